The van der Waals surface area contributed by atoms with Gasteiger partial charge in [-0.15, -0.1) is 0 Å². The topological polar surface area (TPSA) is 58.7 Å². The molecule has 4 heteroatoms. The molecule has 118 valence electrons. The Balaban J connectivity index is 1.85. The van der Waals surface area contributed by atoms with Crippen LogP contribution < -0.4 is 0 Å². The summed E-state index contributed by atoms with van der Waals surface area (Å²) in [4.78, 5) is 15.3. The third-order valence-electron chi connectivity index (χ3n) is 4.19. The largest absolute Gasteiger partial charge is 0.299 e. The second kappa shape index (κ2) is 6.06. The fourth-order valence-electron chi connectivity index (χ4n) is 2.96. The van der Waals surface area contributed by atoms with Gasteiger partial charge in [-0.1, -0.05) is 30.3 Å². The highest BCUT2D eigenvalue weighted by atomic mass is 16.1. The van der Waals surface area contributed by atoms with E-state index in [1.807, 2.05) is 59.2 Å². The normalized spacial score (nSPS) is 10.5. The number of benzene rings is 3. The van der Waals surface area contributed by atoms with Crippen LogP contribution in [0.2, 0.25) is 0 Å². The molecule has 0 spiro atoms. The summed E-state index contributed by atoms with van der Waals surface area (Å²) in [6, 6.07) is 23.2. The molecular formula is C21H13N3O. The smallest absolute Gasteiger partial charge is 0.150 e. The van der Waals surface area contributed by atoms with E-state index >= 15 is 0 Å². The molecule has 0 atom stereocenters. The van der Waals surface area contributed by atoms with Gasteiger partial charge in [-0.05, 0) is 47.5 Å². The van der Waals surface area contributed by atoms with E-state index in [0.717, 1.165) is 34.1 Å². The molecule has 0 radical (unpaired) electrons. The third kappa shape index (κ3) is 2.58. The highest BCUT2D eigenvalue weighted by molar-refractivity contribution is 5.86. The van der Waals surface area contributed by atoms with Crippen LogP contribution in [0.1, 0.15) is 15.9 Å². The van der Waals surface area contributed by atoms with Crippen molar-refractivity contribution in [3.8, 4) is 22.9 Å². The average molecular weight is 323 g/mol. The first-order chi connectivity index (χ1) is 12.3. The van der Waals surface area contributed by atoms with Gasteiger partial charge >= 0.3 is 0 Å². The number of hydrogen-bond acceptors (Lipinski definition) is 3. The monoisotopic (exact) mass is 323 g/mol. The van der Waals surface area contributed by atoms with Gasteiger partial charge in [0.05, 0.1) is 22.7 Å². The lowest BCUT2D eigenvalue weighted by atomic mass is 10.00. The van der Waals surface area contributed by atoms with Gasteiger partial charge in [0.1, 0.15) is 12.6 Å². The summed E-state index contributed by atoms with van der Waals surface area (Å²) >= 11 is 0. The Morgan fingerprint density at radius 2 is 1.88 bits per heavy atom. The molecular weight excluding hydrogens is 310 g/mol. The fourth-order valence-corrected chi connectivity index (χ4v) is 2.96. The van der Waals surface area contributed by atoms with E-state index in [-0.39, 0.29) is 0 Å². The van der Waals surface area contributed by atoms with Gasteiger partial charge < -0.3 is 0 Å². The van der Waals surface area contributed by atoms with Crippen molar-refractivity contribution in [1.82, 2.24) is 9.55 Å². The Morgan fingerprint density at radius 1 is 1.00 bits per heavy atom. The van der Waals surface area contributed by atoms with E-state index in [9.17, 15) is 10.1 Å². The standard InChI is InChI=1S/C21H13N3O/c22-12-17-4-1-2-7-19(17)16-5-3-6-18(11-16)24-14-23-20-10-15(13-25)8-9-21(20)24/h1-11,13-14H. The van der Waals surface area contributed by atoms with Crippen LogP contribution in [-0.2, 0) is 0 Å². The molecule has 0 aliphatic heterocycles. The summed E-state index contributed by atoms with van der Waals surface area (Å²) in [6.45, 7) is 0. The van der Waals surface area contributed by atoms with Crippen LogP contribution in [-0.4, -0.2) is 15.8 Å². The molecule has 0 saturated heterocycles. The quantitative estimate of drug-likeness (QED) is 0.526. The molecule has 0 saturated carbocycles. The number of fused-ring (bicyclic) bond motifs is 1. The van der Waals surface area contributed by atoms with Gasteiger partial charge in [0.2, 0.25) is 0 Å². The lowest BCUT2D eigenvalue weighted by Crippen LogP contribution is -1.93. The highest BCUT2D eigenvalue weighted by Gasteiger charge is 2.08. The molecule has 0 amide bonds. The van der Waals surface area contributed by atoms with E-state index in [4.69, 9.17) is 0 Å². The van der Waals surface area contributed by atoms with Crippen molar-refractivity contribution in [3.05, 3.63) is 84.2 Å². The lowest BCUT2D eigenvalue weighted by Gasteiger charge is -2.09. The summed E-state index contributed by atoms with van der Waals surface area (Å²) < 4.78 is 1.97. The Labute approximate surface area is 144 Å². The van der Waals surface area contributed by atoms with Gasteiger partial charge in [0.15, 0.2) is 0 Å². The number of carbonyl (C=O) groups is 1. The molecule has 1 aromatic heterocycles. The van der Waals surface area contributed by atoms with E-state index in [1.165, 1.54) is 0 Å². The zero-order chi connectivity index (χ0) is 17.2. The number of hydrogen-bond donors (Lipinski definition) is 0. The Hall–Kier alpha value is -3.71. The maximum atomic E-state index is 10.9. The van der Waals surface area contributed by atoms with Crippen molar-refractivity contribution in [2.75, 3.05) is 0 Å². The van der Waals surface area contributed by atoms with E-state index in [2.05, 4.69) is 11.1 Å². The van der Waals surface area contributed by atoms with E-state index < -0.39 is 0 Å². The van der Waals surface area contributed by atoms with Gasteiger partial charge in [0.25, 0.3) is 0 Å². The molecule has 0 N–H and O–H groups in total. The molecule has 0 unspecified atom stereocenters. The molecule has 0 aliphatic rings. The van der Waals surface area contributed by atoms with Crippen LogP contribution in [0.4, 0.5) is 0 Å². The van der Waals surface area contributed by atoms with Crippen LogP contribution in [0.25, 0.3) is 27.8 Å². The fraction of sp³-hybridized carbons (Fsp3) is 0. The third-order valence-corrected chi connectivity index (χ3v) is 4.19. The van der Waals surface area contributed by atoms with Crippen molar-refractivity contribution >= 4 is 17.3 Å². The van der Waals surface area contributed by atoms with Crippen molar-refractivity contribution in [3.63, 3.8) is 0 Å². The Morgan fingerprint density at radius 3 is 2.72 bits per heavy atom. The summed E-state index contributed by atoms with van der Waals surface area (Å²) in [5, 5.41) is 9.33. The van der Waals surface area contributed by atoms with Crippen molar-refractivity contribution in [1.29, 1.82) is 5.26 Å². The molecule has 4 rings (SSSR count). The summed E-state index contributed by atoms with van der Waals surface area (Å²) in [5.74, 6) is 0. The minimum Gasteiger partial charge on any atom is -0.299 e. The molecule has 1 heterocycles. The molecule has 25 heavy (non-hydrogen) atoms. The SMILES string of the molecule is N#Cc1ccccc1-c1cccc(-n2cnc3cc(C=O)ccc32)c1. The first-order valence-corrected chi connectivity index (χ1v) is 7.82. The van der Waals surface area contributed by atoms with E-state index in [0.29, 0.717) is 11.1 Å². The average Bonchev–Trinajstić information content (AvgIpc) is 3.11. The first-order valence-electron chi connectivity index (χ1n) is 7.82. The number of nitriles is 1. The van der Waals surface area contributed by atoms with Crippen molar-refractivity contribution in [2.45, 2.75) is 0 Å². The number of aldehydes is 1. The lowest BCUT2D eigenvalue weighted by molar-refractivity contribution is 0.112. The van der Waals surface area contributed by atoms with Gasteiger partial charge in [0, 0.05) is 11.3 Å². The molecule has 0 bridgehead atoms. The van der Waals surface area contributed by atoms with Crippen molar-refractivity contribution in [2.24, 2.45) is 0 Å². The maximum absolute atomic E-state index is 10.9. The maximum Gasteiger partial charge on any atom is 0.150 e. The van der Waals surface area contributed by atoms with Gasteiger partial charge in [-0.25, -0.2) is 4.98 Å². The van der Waals surface area contributed by atoms with Crippen LogP contribution >= 0.6 is 0 Å². The second-order valence-corrected chi connectivity index (χ2v) is 5.69. The summed E-state index contributed by atoms with van der Waals surface area (Å²) in [7, 11) is 0. The molecule has 4 nitrogen and oxygen atoms in total. The van der Waals surface area contributed by atoms with Crippen LogP contribution in [0, 0.1) is 11.3 Å². The van der Waals surface area contributed by atoms with E-state index in [1.54, 1.807) is 18.5 Å². The summed E-state index contributed by atoms with van der Waals surface area (Å²) in [5.41, 5.74) is 5.77. The molecule has 4 aromatic rings. The number of nitrogens with zero attached hydrogens (tertiary/aromatic N) is 3. The molecule has 3 aromatic carbocycles. The molecule has 0 fully saturated rings. The number of aromatic nitrogens is 2. The number of imidazole rings is 1. The minimum absolute atomic E-state index is 0.606. The Bertz CT molecular complexity index is 1140. The van der Waals surface area contributed by atoms with Gasteiger partial charge in [-0.2, -0.15) is 5.26 Å². The predicted molar refractivity (Wildman–Crippen MR) is 96.6 cm³/mol. The van der Waals surface area contributed by atoms with Gasteiger partial charge in [-0.3, -0.25) is 9.36 Å². The highest BCUT2D eigenvalue weighted by Crippen LogP contribution is 2.27. The van der Waals surface area contributed by atoms with Crippen molar-refractivity contribution < 1.29 is 4.79 Å². The summed E-state index contributed by atoms with van der Waals surface area (Å²) in [6.07, 6.45) is 2.56. The Kier molecular flexibility index (Phi) is 3.60. The molecule has 0 aliphatic carbocycles. The zero-order valence-electron chi connectivity index (χ0n) is 13.3. The van der Waals surface area contributed by atoms with Crippen LogP contribution in [0.15, 0.2) is 73.1 Å². The minimum atomic E-state index is 0.606. The second-order valence-electron chi connectivity index (χ2n) is 5.69. The number of rotatable bonds is 3. The predicted octanol–water partition coefficient (Wildman–Crippen LogP) is 4.38. The zero-order valence-corrected chi connectivity index (χ0v) is 13.3. The first kappa shape index (κ1) is 14.9. The van der Waals surface area contributed by atoms with Crippen LogP contribution in [0.3, 0.4) is 0 Å². The van der Waals surface area contributed by atoms with Crippen LogP contribution in [0.5, 0.6) is 0 Å². The number of carbonyl (C=O) groups excluding carboxylic acids is 1.